The average Bonchev–Trinajstić information content (AvgIpc) is 2.84. The molecule has 6 rings (SSSR count). The standard InChI is InChI=1S/C26H38N4O3/c1-3-17(2)29-24-28-15-21-22(30-24)20(18-4-6-19(31)7-5-18)14-27-23(21)33-16-25-8-11-26(32,12-9-25)13-10-25/h14-15,17-19,31-32H,3-13,16H2,1-2H3,(H,28,29,30)/t17-,18-,19-,25?,26?/m0/s1. The number of fused-ring (bicyclic) bond motifs is 4. The monoisotopic (exact) mass is 454 g/mol. The van der Waals surface area contributed by atoms with Gasteiger partial charge in [0.15, 0.2) is 0 Å². The van der Waals surface area contributed by atoms with E-state index in [0.717, 1.165) is 87.1 Å². The van der Waals surface area contributed by atoms with Crippen LogP contribution in [0.2, 0.25) is 0 Å². The smallest absolute Gasteiger partial charge is 0.224 e. The molecule has 0 saturated heterocycles. The van der Waals surface area contributed by atoms with E-state index >= 15 is 0 Å². The predicted molar refractivity (Wildman–Crippen MR) is 129 cm³/mol. The molecule has 0 radical (unpaired) electrons. The minimum Gasteiger partial charge on any atom is -0.477 e. The third-order valence-corrected chi connectivity index (χ3v) is 8.62. The van der Waals surface area contributed by atoms with Crippen LogP contribution in [0, 0.1) is 5.41 Å². The van der Waals surface area contributed by atoms with Gasteiger partial charge < -0.3 is 20.3 Å². The van der Waals surface area contributed by atoms with E-state index in [2.05, 4.69) is 24.1 Å². The molecule has 33 heavy (non-hydrogen) atoms. The Bertz CT molecular complexity index is 964. The van der Waals surface area contributed by atoms with Gasteiger partial charge in [-0.15, -0.1) is 0 Å². The molecule has 7 heteroatoms. The average molecular weight is 455 g/mol. The molecule has 0 aromatic carbocycles. The van der Waals surface area contributed by atoms with E-state index in [4.69, 9.17) is 14.7 Å². The maximum atomic E-state index is 10.5. The number of rotatable bonds is 7. The van der Waals surface area contributed by atoms with Crippen molar-refractivity contribution in [2.24, 2.45) is 5.41 Å². The summed E-state index contributed by atoms with van der Waals surface area (Å²) >= 11 is 0. The lowest BCUT2D eigenvalue weighted by atomic mass is 9.59. The molecule has 2 aromatic heterocycles. The summed E-state index contributed by atoms with van der Waals surface area (Å²) in [5.41, 5.74) is 1.77. The molecule has 4 saturated carbocycles. The number of ether oxygens (including phenoxy) is 1. The van der Waals surface area contributed by atoms with Crippen LogP contribution in [0.3, 0.4) is 0 Å². The summed E-state index contributed by atoms with van der Waals surface area (Å²) in [6.45, 7) is 4.91. The zero-order chi connectivity index (χ0) is 23.1. The number of pyridine rings is 1. The molecule has 0 aliphatic heterocycles. The van der Waals surface area contributed by atoms with E-state index < -0.39 is 5.60 Å². The van der Waals surface area contributed by atoms with Crippen LogP contribution in [-0.4, -0.2) is 49.5 Å². The summed E-state index contributed by atoms with van der Waals surface area (Å²) in [5.74, 6) is 1.60. The molecule has 2 bridgehead atoms. The van der Waals surface area contributed by atoms with Crippen LogP contribution in [0.1, 0.15) is 96.0 Å². The van der Waals surface area contributed by atoms with E-state index in [0.29, 0.717) is 30.4 Å². The molecular formula is C26H38N4O3. The molecule has 0 amide bonds. The Balaban J connectivity index is 1.43. The Morgan fingerprint density at radius 1 is 1.06 bits per heavy atom. The van der Waals surface area contributed by atoms with Gasteiger partial charge in [-0.25, -0.2) is 15.0 Å². The maximum absolute atomic E-state index is 10.5. The van der Waals surface area contributed by atoms with Crippen molar-refractivity contribution < 1.29 is 14.9 Å². The second kappa shape index (κ2) is 8.99. The van der Waals surface area contributed by atoms with Gasteiger partial charge in [0.25, 0.3) is 0 Å². The molecule has 1 atom stereocenters. The Labute approximate surface area is 196 Å². The van der Waals surface area contributed by atoms with Crippen LogP contribution in [0.4, 0.5) is 5.95 Å². The SMILES string of the molecule is CC[C@H](C)Nc1ncc2c(OCC34CCC(O)(CC3)CC4)ncc([C@H]3CC[C@H](O)CC3)c2n1. The summed E-state index contributed by atoms with van der Waals surface area (Å²) in [7, 11) is 0. The van der Waals surface area contributed by atoms with Crippen molar-refractivity contribution >= 4 is 16.9 Å². The summed E-state index contributed by atoms with van der Waals surface area (Å²) < 4.78 is 6.38. The Morgan fingerprint density at radius 3 is 2.42 bits per heavy atom. The fourth-order valence-electron chi connectivity index (χ4n) is 5.89. The van der Waals surface area contributed by atoms with E-state index in [1.54, 1.807) is 0 Å². The van der Waals surface area contributed by atoms with Gasteiger partial charge >= 0.3 is 0 Å². The first-order valence-electron chi connectivity index (χ1n) is 12.8. The second-order valence-electron chi connectivity index (χ2n) is 10.9. The van der Waals surface area contributed by atoms with Crippen molar-refractivity contribution in [3.8, 4) is 5.88 Å². The molecule has 4 aliphatic carbocycles. The van der Waals surface area contributed by atoms with Crippen LogP contribution in [0.5, 0.6) is 5.88 Å². The van der Waals surface area contributed by atoms with Crippen molar-refractivity contribution in [2.75, 3.05) is 11.9 Å². The second-order valence-corrected chi connectivity index (χ2v) is 10.9. The quantitative estimate of drug-likeness (QED) is 0.557. The number of aliphatic hydroxyl groups is 2. The predicted octanol–water partition coefficient (Wildman–Crippen LogP) is 4.72. The molecule has 0 unspecified atom stereocenters. The van der Waals surface area contributed by atoms with Crippen LogP contribution in [-0.2, 0) is 0 Å². The fraction of sp³-hybridized carbons (Fsp3) is 0.731. The lowest BCUT2D eigenvalue weighted by Crippen LogP contribution is -2.48. The first kappa shape index (κ1) is 22.8. The highest BCUT2D eigenvalue weighted by molar-refractivity contribution is 5.86. The minimum atomic E-state index is -0.436. The first-order valence-corrected chi connectivity index (χ1v) is 12.8. The van der Waals surface area contributed by atoms with Gasteiger partial charge in [-0.1, -0.05) is 6.92 Å². The Hall–Kier alpha value is -1.99. The molecule has 2 heterocycles. The van der Waals surface area contributed by atoms with Crippen LogP contribution < -0.4 is 10.1 Å². The summed E-state index contributed by atoms with van der Waals surface area (Å²) in [6.07, 6.45) is 13.8. The van der Waals surface area contributed by atoms with Crippen LogP contribution in [0.15, 0.2) is 12.4 Å². The van der Waals surface area contributed by atoms with Crippen molar-refractivity contribution in [3.05, 3.63) is 18.0 Å². The number of hydrogen-bond donors (Lipinski definition) is 3. The lowest BCUT2D eigenvalue weighted by Gasteiger charge is -2.50. The van der Waals surface area contributed by atoms with E-state index in [9.17, 15) is 10.2 Å². The topological polar surface area (TPSA) is 100 Å². The van der Waals surface area contributed by atoms with Crippen molar-refractivity contribution in [3.63, 3.8) is 0 Å². The number of aromatic nitrogens is 3. The highest BCUT2D eigenvalue weighted by Crippen LogP contribution is 2.52. The highest BCUT2D eigenvalue weighted by atomic mass is 16.5. The van der Waals surface area contributed by atoms with Gasteiger partial charge in [0.2, 0.25) is 11.8 Å². The largest absolute Gasteiger partial charge is 0.477 e. The molecular weight excluding hydrogens is 416 g/mol. The normalized spacial score (nSPS) is 32.6. The third-order valence-electron chi connectivity index (χ3n) is 8.62. The highest BCUT2D eigenvalue weighted by Gasteiger charge is 2.48. The number of nitrogens with one attached hydrogen (secondary N) is 1. The van der Waals surface area contributed by atoms with E-state index in [-0.39, 0.29) is 11.5 Å². The van der Waals surface area contributed by atoms with Crippen molar-refractivity contribution in [1.82, 2.24) is 15.0 Å². The minimum absolute atomic E-state index is 0.148. The van der Waals surface area contributed by atoms with Crippen LogP contribution >= 0.6 is 0 Å². The van der Waals surface area contributed by atoms with Crippen molar-refractivity contribution in [1.29, 1.82) is 0 Å². The number of hydrogen-bond acceptors (Lipinski definition) is 7. The lowest BCUT2D eigenvalue weighted by molar-refractivity contribution is -0.104. The van der Waals surface area contributed by atoms with Gasteiger partial charge in [0.1, 0.15) is 0 Å². The first-order chi connectivity index (χ1) is 15.9. The Kier molecular flexibility index (Phi) is 6.21. The molecule has 180 valence electrons. The molecule has 4 fully saturated rings. The summed E-state index contributed by atoms with van der Waals surface area (Å²) in [5, 5.41) is 24.8. The molecule has 2 aromatic rings. The molecule has 7 nitrogen and oxygen atoms in total. The summed E-state index contributed by atoms with van der Waals surface area (Å²) in [6, 6.07) is 0.295. The zero-order valence-corrected chi connectivity index (χ0v) is 20.0. The van der Waals surface area contributed by atoms with Gasteiger partial charge in [0, 0.05) is 29.4 Å². The van der Waals surface area contributed by atoms with E-state index in [1.165, 1.54) is 0 Å². The van der Waals surface area contributed by atoms with Crippen molar-refractivity contribution in [2.45, 2.75) is 108 Å². The van der Waals surface area contributed by atoms with Gasteiger partial charge in [0.05, 0.1) is 29.2 Å². The molecule has 0 spiro atoms. The van der Waals surface area contributed by atoms with Gasteiger partial charge in [-0.2, -0.15) is 0 Å². The summed E-state index contributed by atoms with van der Waals surface area (Å²) in [4.78, 5) is 14.3. The van der Waals surface area contributed by atoms with E-state index in [1.807, 2.05) is 12.4 Å². The Morgan fingerprint density at radius 2 is 1.76 bits per heavy atom. The molecule has 3 N–H and O–H groups in total. The number of aliphatic hydroxyl groups excluding tert-OH is 1. The fourth-order valence-corrected chi connectivity index (χ4v) is 5.89. The number of anilines is 1. The van der Waals surface area contributed by atoms with Gasteiger partial charge in [-0.05, 0) is 83.5 Å². The zero-order valence-electron chi connectivity index (χ0n) is 20.0. The third kappa shape index (κ3) is 4.67. The molecule has 4 aliphatic rings. The van der Waals surface area contributed by atoms with Gasteiger partial charge in [-0.3, -0.25) is 0 Å². The number of nitrogens with zero attached hydrogens (tertiary/aromatic N) is 3. The van der Waals surface area contributed by atoms with Crippen LogP contribution in [0.25, 0.3) is 10.9 Å². The maximum Gasteiger partial charge on any atom is 0.224 e.